The van der Waals surface area contributed by atoms with Gasteiger partial charge in [0.15, 0.2) is 5.13 Å². The third kappa shape index (κ3) is 4.39. The topological polar surface area (TPSA) is 100 Å². The maximum absolute atomic E-state index is 12.0. The first kappa shape index (κ1) is 16.1. The maximum Gasteiger partial charge on any atom is 0.257 e. The molecule has 1 aromatic carbocycles. The van der Waals surface area contributed by atoms with E-state index in [1.54, 1.807) is 29.6 Å². The maximum atomic E-state index is 12.0. The molecule has 3 amide bonds. The van der Waals surface area contributed by atoms with Crippen molar-refractivity contribution in [3.63, 3.8) is 0 Å². The number of rotatable bonds is 5. The van der Waals surface area contributed by atoms with Gasteiger partial charge in [-0.3, -0.25) is 30.6 Å². The Balaban J connectivity index is 1.48. The Morgan fingerprint density at radius 2 is 1.88 bits per heavy atom. The summed E-state index contributed by atoms with van der Waals surface area (Å²) in [6.45, 7) is 0. The quantitative estimate of drug-likeness (QED) is 0.716. The Morgan fingerprint density at radius 3 is 2.58 bits per heavy atom. The van der Waals surface area contributed by atoms with Crippen molar-refractivity contribution in [2.45, 2.75) is 19.3 Å². The summed E-state index contributed by atoms with van der Waals surface area (Å²) in [7, 11) is 0. The normalized spacial score (nSPS) is 13.2. The third-order valence-corrected chi connectivity index (χ3v) is 4.23. The zero-order valence-corrected chi connectivity index (χ0v) is 13.6. The molecule has 0 spiro atoms. The zero-order chi connectivity index (χ0) is 16.9. The van der Waals surface area contributed by atoms with Crippen LogP contribution in [0.5, 0.6) is 0 Å². The number of carbonyl (C=O) groups excluding carboxylic acids is 3. The molecule has 0 saturated heterocycles. The van der Waals surface area contributed by atoms with E-state index < -0.39 is 0 Å². The average Bonchev–Trinajstić information content (AvgIpc) is 3.36. The molecule has 3 N–H and O–H groups in total. The molecule has 2 aromatic rings. The molecule has 124 valence electrons. The van der Waals surface area contributed by atoms with Crippen molar-refractivity contribution in [3.05, 3.63) is 47.0 Å². The van der Waals surface area contributed by atoms with Gasteiger partial charge in [0.05, 0.1) is 12.1 Å². The molecular weight excluding hydrogens is 328 g/mol. The van der Waals surface area contributed by atoms with Gasteiger partial charge in [0.1, 0.15) is 0 Å². The molecular formula is C16H16N4O3S. The predicted octanol–water partition coefficient (Wildman–Crippen LogP) is 1.50. The van der Waals surface area contributed by atoms with Gasteiger partial charge >= 0.3 is 0 Å². The molecule has 0 atom stereocenters. The van der Waals surface area contributed by atoms with Gasteiger partial charge in [0, 0.05) is 16.9 Å². The molecule has 7 nitrogen and oxygen atoms in total. The number of thiazole rings is 1. The first-order chi connectivity index (χ1) is 11.6. The van der Waals surface area contributed by atoms with Gasteiger partial charge in [0.25, 0.3) is 5.91 Å². The van der Waals surface area contributed by atoms with E-state index in [1.165, 1.54) is 11.3 Å². The van der Waals surface area contributed by atoms with Crippen LogP contribution in [-0.4, -0.2) is 22.7 Å². The van der Waals surface area contributed by atoms with E-state index in [0.717, 1.165) is 12.8 Å². The molecule has 8 heteroatoms. The minimum Gasteiger partial charge on any atom is -0.298 e. The number of carbonyl (C=O) groups is 3. The Morgan fingerprint density at radius 1 is 1.12 bits per heavy atom. The first-order valence-electron chi connectivity index (χ1n) is 7.51. The number of amides is 3. The summed E-state index contributed by atoms with van der Waals surface area (Å²) in [5.41, 5.74) is 5.83. The molecule has 1 fully saturated rings. The summed E-state index contributed by atoms with van der Waals surface area (Å²) in [4.78, 5) is 39.4. The fourth-order valence-electron chi connectivity index (χ4n) is 1.99. The van der Waals surface area contributed by atoms with Gasteiger partial charge in [-0.05, 0) is 25.0 Å². The molecule has 1 aliphatic rings. The smallest absolute Gasteiger partial charge is 0.257 e. The zero-order valence-electron chi connectivity index (χ0n) is 12.7. The molecule has 1 aliphatic carbocycles. The highest BCUT2D eigenvalue weighted by molar-refractivity contribution is 7.14. The van der Waals surface area contributed by atoms with Crippen molar-refractivity contribution >= 4 is 34.2 Å². The highest BCUT2D eigenvalue weighted by atomic mass is 32.1. The van der Waals surface area contributed by atoms with Gasteiger partial charge in [-0.1, -0.05) is 18.2 Å². The number of benzene rings is 1. The van der Waals surface area contributed by atoms with Gasteiger partial charge in [-0.25, -0.2) is 4.98 Å². The summed E-state index contributed by atoms with van der Waals surface area (Å²) in [6.07, 6.45) is 1.78. The van der Waals surface area contributed by atoms with Crippen LogP contribution in [0.2, 0.25) is 0 Å². The number of hydrazine groups is 1. The lowest BCUT2D eigenvalue weighted by Gasteiger charge is -2.05. The van der Waals surface area contributed by atoms with E-state index >= 15 is 0 Å². The first-order valence-corrected chi connectivity index (χ1v) is 8.39. The molecule has 0 radical (unpaired) electrons. The number of nitrogens with one attached hydrogen (secondary N) is 3. The summed E-state index contributed by atoms with van der Waals surface area (Å²) < 4.78 is 0. The lowest BCUT2D eigenvalue weighted by Crippen LogP contribution is -2.43. The number of anilines is 1. The van der Waals surface area contributed by atoms with E-state index in [2.05, 4.69) is 21.2 Å². The van der Waals surface area contributed by atoms with Crippen LogP contribution >= 0.6 is 11.3 Å². The van der Waals surface area contributed by atoms with E-state index in [9.17, 15) is 14.4 Å². The summed E-state index contributed by atoms with van der Waals surface area (Å²) in [5.74, 6) is -0.727. The van der Waals surface area contributed by atoms with Crippen LogP contribution in [0.15, 0.2) is 35.7 Å². The Bertz CT molecular complexity index is 756. The number of aromatic nitrogens is 1. The largest absolute Gasteiger partial charge is 0.298 e. The predicted molar refractivity (Wildman–Crippen MR) is 89.2 cm³/mol. The lowest BCUT2D eigenvalue weighted by molar-refractivity contribution is -0.129. The van der Waals surface area contributed by atoms with Crippen LogP contribution in [0, 0.1) is 5.92 Å². The van der Waals surface area contributed by atoms with Gasteiger partial charge in [-0.2, -0.15) is 0 Å². The SMILES string of the molecule is O=C(Cc1csc(NC(=O)c2ccccc2)n1)NNC(=O)C1CC1. The van der Waals surface area contributed by atoms with E-state index in [-0.39, 0.29) is 30.1 Å². The fourth-order valence-corrected chi connectivity index (χ4v) is 2.70. The van der Waals surface area contributed by atoms with Crippen molar-refractivity contribution in [2.75, 3.05) is 5.32 Å². The minimum atomic E-state index is -0.352. The van der Waals surface area contributed by atoms with E-state index in [4.69, 9.17) is 0 Å². The van der Waals surface area contributed by atoms with Crippen molar-refractivity contribution in [1.29, 1.82) is 0 Å². The fraction of sp³-hybridized carbons (Fsp3) is 0.250. The van der Waals surface area contributed by atoms with Crippen LogP contribution in [0.3, 0.4) is 0 Å². The second kappa shape index (κ2) is 7.22. The van der Waals surface area contributed by atoms with Crippen molar-refractivity contribution in [1.82, 2.24) is 15.8 Å². The van der Waals surface area contributed by atoms with Crippen LogP contribution in [0.25, 0.3) is 0 Å². The van der Waals surface area contributed by atoms with Gasteiger partial charge in [-0.15, -0.1) is 11.3 Å². The molecule has 0 aliphatic heterocycles. The molecule has 3 rings (SSSR count). The Labute approximate surface area is 142 Å². The van der Waals surface area contributed by atoms with Crippen molar-refractivity contribution in [2.24, 2.45) is 5.92 Å². The highest BCUT2D eigenvalue weighted by Gasteiger charge is 2.29. The number of hydrogen-bond donors (Lipinski definition) is 3. The number of hydrogen-bond acceptors (Lipinski definition) is 5. The second-order valence-electron chi connectivity index (χ2n) is 5.45. The molecule has 1 aromatic heterocycles. The van der Waals surface area contributed by atoms with Crippen LogP contribution in [0.4, 0.5) is 5.13 Å². The van der Waals surface area contributed by atoms with Gasteiger partial charge in [0.2, 0.25) is 11.8 Å². The average molecular weight is 344 g/mol. The molecule has 1 saturated carbocycles. The standard InChI is InChI=1S/C16H16N4O3S/c21-13(19-20-15(23)11-6-7-11)8-12-9-24-16(17-12)18-14(22)10-4-2-1-3-5-10/h1-5,9,11H,6-8H2,(H,19,21)(H,20,23)(H,17,18,22). The van der Waals surface area contributed by atoms with Crippen LogP contribution in [0.1, 0.15) is 28.9 Å². The summed E-state index contributed by atoms with van der Waals surface area (Å²) >= 11 is 1.24. The Kier molecular flexibility index (Phi) is 4.85. The van der Waals surface area contributed by atoms with Crippen molar-refractivity contribution in [3.8, 4) is 0 Å². The summed E-state index contributed by atoms with van der Waals surface area (Å²) in [5, 5.41) is 4.81. The van der Waals surface area contributed by atoms with E-state index in [1.807, 2.05) is 6.07 Å². The minimum absolute atomic E-state index is 0.0304. The lowest BCUT2D eigenvalue weighted by atomic mass is 10.2. The monoisotopic (exact) mass is 344 g/mol. The van der Waals surface area contributed by atoms with Gasteiger partial charge < -0.3 is 0 Å². The third-order valence-electron chi connectivity index (χ3n) is 3.42. The van der Waals surface area contributed by atoms with Crippen LogP contribution in [-0.2, 0) is 16.0 Å². The van der Waals surface area contributed by atoms with Crippen LogP contribution < -0.4 is 16.2 Å². The number of nitrogens with zero attached hydrogens (tertiary/aromatic N) is 1. The van der Waals surface area contributed by atoms with E-state index in [0.29, 0.717) is 16.4 Å². The molecule has 0 unspecified atom stereocenters. The highest BCUT2D eigenvalue weighted by Crippen LogP contribution is 2.28. The molecule has 1 heterocycles. The Hall–Kier alpha value is -2.74. The molecule has 24 heavy (non-hydrogen) atoms. The molecule has 0 bridgehead atoms. The van der Waals surface area contributed by atoms with Crippen molar-refractivity contribution < 1.29 is 14.4 Å². The summed E-state index contributed by atoms with van der Waals surface area (Å²) in [6, 6.07) is 8.81. The second-order valence-corrected chi connectivity index (χ2v) is 6.31.